The van der Waals surface area contributed by atoms with Crippen molar-refractivity contribution >= 4 is 22.8 Å². The Hall–Kier alpha value is -0.910. The highest BCUT2D eigenvalue weighted by Gasteiger charge is 2.01. The van der Waals surface area contributed by atoms with Gasteiger partial charge in [0, 0.05) is 6.54 Å². The first-order valence-corrected chi connectivity index (χ1v) is 4.62. The molecule has 0 atom stereocenters. The first-order valence-electron chi connectivity index (χ1n) is 3.63. The Morgan fingerprint density at radius 3 is 2.83 bits per heavy atom. The van der Waals surface area contributed by atoms with Crippen molar-refractivity contribution in [1.82, 2.24) is 5.32 Å². The molecule has 5 nitrogen and oxygen atoms in total. The average Bonchev–Trinajstić information content (AvgIpc) is 2.10. The predicted molar refractivity (Wildman–Crippen MR) is 51.6 cm³/mol. The molecule has 0 heterocycles. The minimum atomic E-state index is -0.0477. The van der Waals surface area contributed by atoms with E-state index < -0.39 is 0 Å². The summed E-state index contributed by atoms with van der Waals surface area (Å²) in [5.41, 5.74) is 5.26. The number of nitrogens with one attached hydrogen (secondary N) is 1. The van der Waals surface area contributed by atoms with Gasteiger partial charge in [0.2, 0.25) is 5.91 Å². The Morgan fingerprint density at radius 2 is 2.33 bits per heavy atom. The van der Waals surface area contributed by atoms with E-state index in [-0.39, 0.29) is 16.8 Å². The second-order valence-corrected chi connectivity index (χ2v) is 3.10. The smallest absolute Gasteiger partial charge is 0.230 e. The fraction of sp³-hybridized carbons (Fsp3) is 0.667. The fourth-order valence-electron chi connectivity index (χ4n) is 0.492. The number of hydrazone groups is 1. The van der Waals surface area contributed by atoms with Gasteiger partial charge in [0.1, 0.15) is 0 Å². The Bertz CT molecular complexity index is 171. The number of hydrogen-bond acceptors (Lipinski definition) is 4. The minimum absolute atomic E-state index is 0.0477. The van der Waals surface area contributed by atoms with E-state index in [1.807, 2.05) is 6.92 Å². The van der Waals surface area contributed by atoms with E-state index in [1.165, 1.54) is 0 Å². The number of thioether (sulfide) groups is 1. The van der Waals surface area contributed by atoms with Gasteiger partial charge in [0.15, 0.2) is 5.17 Å². The quantitative estimate of drug-likeness (QED) is 0.239. The highest BCUT2D eigenvalue weighted by atomic mass is 32.2. The summed E-state index contributed by atoms with van der Waals surface area (Å²) in [6.07, 6.45) is 0.927. The zero-order valence-electron chi connectivity index (χ0n) is 7.04. The molecule has 0 aromatic heterocycles. The molecular formula is C6H14N4OS. The number of amidine groups is 1. The Kier molecular flexibility index (Phi) is 6.26. The van der Waals surface area contributed by atoms with Gasteiger partial charge in [-0.2, -0.15) is 5.10 Å². The molecule has 12 heavy (non-hydrogen) atoms. The first kappa shape index (κ1) is 11.1. The van der Waals surface area contributed by atoms with E-state index in [0.29, 0.717) is 6.54 Å². The van der Waals surface area contributed by atoms with Crippen LogP contribution in [0.2, 0.25) is 0 Å². The number of amides is 1. The highest BCUT2D eigenvalue weighted by Crippen LogP contribution is 1.97. The number of nitrogens with two attached hydrogens (primary N) is 2. The first-order chi connectivity index (χ1) is 5.70. The molecule has 5 N–H and O–H groups in total. The molecule has 1 amide bonds. The molecule has 0 aliphatic rings. The van der Waals surface area contributed by atoms with E-state index in [4.69, 9.17) is 11.6 Å². The van der Waals surface area contributed by atoms with Gasteiger partial charge in [-0.25, -0.2) is 0 Å². The topological polar surface area (TPSA) is 93.5 Å². The lowest BCUT2D eigenvalue weighted by Gasteiger charge is -2.01. The zero-order chi connectivity index (χ0) is 9.40. The fourth-order valence-corrected chi connectivity index (χ4v) is 0.948. The van der Waals surface area contributed by atoms with Gasteiger partial charge in [0.25, 0.3) is 0 Å². The lowest BCUT2D eigenvalue weighted by atomic mass is 10.5. The molecular weight excluding hydrogens is 176 g/mol. The SMILES string of the molecule is CCCNC(=O)CSC(N)=NN. The van der Waals surface area contributed by atoms with Gasteiger partial charge in [-0.15, -0.1) is 0 Å². The van der Waals surface area contributed by atoms with Gasteiger partial charge >= 0.3 is 0 Å². The van der Waals surface area contributed by atoms with E-state index in [9.17, 15) is 4.79 Å². The van der Waals surface area contributed by atoms with Crippen LogP contribution in [0.25, 0.3) is 0 Å². The Balaban J connectivity index is 3.44. The second-order valence-electron chi connectivity index (χ2n) is 2.11. The molecule has 0 aromatic carbocycles. The largest absolute Gasteiger partial charge is 0.377 e. The molecule has 0 aliphatic heterocycles. The second kappa shape index (κ2) is 6.78. The van der Waals surface area contributed by atoms with Crippen LogP contribution in [0.3, 0.4) is 0 Å². The van der Waals surface area contributed by atoms with E-state index >= 15 is 0 Å². The molecule has 0 radical (unpaired) electrons. The van der Waals surface area contributed by atoms with E-state index in [1.54, 1.807) is 0 Å². The molecule has 0 bridgehead atoms. The summed E-state index contributed by atoms with van der Waals surface area (Å²) in [6, 6.07) is 0. The van der Waals surface area contributed by atoms with E-state index in [0.717, 1.165) is 18.2 Å². The molecule has 0 aromatic rings. The predicted octanol–water partition coefficient (Wildman–Crippen LogP) is -0.566. The van der Waals surface area contributed by atoms with Crippen molar-refractivity contribution in [2.75, 3.05) is 12.3 Å². The monoisotopic (exact) mass is 190 g/mol. The Labute approximate surface area is 75.9 Å². The molecule has 70 valence electrons. The third-order valence-electron chi connectivity index (χ3n) is 1.05. The van der Waals surface area contributed by atoms with Crippen molar-refractivity contribution in [3.05, 3.63) is 0 Å². The number of hydrogen-bond donors (Lipinski definition) is 3. The van der Waals surface area contributed by atoms with E-state index in [2.05, 4.69) is 10.4 Å². The third-order valence-corrected chi connectivity index (χ3v) is 1.86. The molecule has 0 unspecified atom stereocenters. The van der Waals surface area contributed by atoms with Gasteiger partial charge in [0.05, 0.1) is 5.75 Å². The van der Waals surface area contributed by atoms with Gasteiger partial charge in [-0.05, 0) is 6.42 Å². The van der Waals surface area contributed by atoms with Crippen LogP contribution < -0.4 is 16.9 Å². The maximum atomic E-state index is 10.9. The summed E-state index contributed by atoms with van der Waals surface area (Å²) in [5.74, 6) is 5.09. The van der Waals surface area contributed by atoms with Crippen molar-refractivity contribution in [3.8, 4) is 0 Å². The van der Waals surface area contributed by atoms with Crippen LogP contribution in [-0.4, -0.2) is 23.4 Å². The summed E-state index contributed by atoms with van der Waals surface area (Å²) >= 11 is 1.13. The van der Waals surface area contributed by atoms with Crippen molar-refractivity contribution in [3.63, 3.8) is 0 Å². The zero-order valence-corrected chi connectivity index (χ0v) is 7.86. The van der Waals surface area contributed by atoms with Crippen molar-refractivity contribution in [2.24, 2.45) is 16.7 Å². The van der Waals surface area contributed by atoms with Crippen LogP contribution >= 0.6 is 11.8 Å². The molecule has 0 saturated heterocycles. The number of nitrogens with zero attached hydrogens (tertiary/aromatic N) is 1. The molecule has 0 spiro atoms. The van der Waals surface area contributed by atoms with Gasteiger partial charge in [-0.1, -0.05) is 18.7 Å². The maximum absolute atomic E-state index is 10.9. The molecule has 6 heteroatoms. The lowest BCUT2D eigenvalue weighted by Crippen LogP contribution is -2.27. The van der Waals surface area contributed by atoms with Crippen LogP contribution in [-0.2, 0) is 4.79 Å². The average molecular weight is 190 g/mol. The van der Waals surface area contributed by atoms with Gasteiger partial charge < -0.3 is 16.9 Å². The minimum Gasteiger partial charge on any atom is -0.377 e. The lowest BCUT2D eigenvalue weighted by molar-refractivity contribution is -0.118. The van der Waals surface area contributed by atoms with Crippen LogP contribution in [0, 0.1) is 0 Å². The van der Waals surface area contributed by atoms with Crippen LogP contribution in [0.15, 0.2) is 5.10 Å². The number of carbonyl (C=O) groups excluding carboxylic acids is 1. The molecule has 0 fully saturated rings. The molecule has 0 saturated carbocycles. The van der Waals surface area contributed by atoms with Crippen LogP contribution in [0.1, 0.15) is 13.3 Å². The van der Waals surface area contributed by atoms with Crippen LogP contribution in [0.4, 0.5) is 0 Å². The van der Waals surface area contributed by atoms with Crippen molar-refractivity contribution < 1.29 is 4.79 Å². The van der Waals surface area contributed by atoms with Gasteiger partial charge in [-0.3, -0.25) is 4.79 Å². The Morgan fingerprint density at radius 1 is 1.67 bits per heavy atom. The van der Waals surface area contributed by atoms with Crippen LogP contribution in [0.5, 0.6) is 0 Å². The number of rotatable bonds is 4. The summed E-state index contributed by atoms with van der Waals surface area (Å²) in [6.45, 7) is 2.68. The molecule has 0 aliphatic carbocycles. The summed E-state index contributed by atoms with van der Waals surface area (Å²) in [4.78, 5) is 10.9. The maximum Gasteiger partial charge on any atom is 0.230 e. The summed E-state index contributed by atoms with van der Waals surface area (Å²) in [7, 11) is 0. The summed E-state index contributed by atoms with van der Waals surface area (Å²) < 4.78 is 0. The number of carbonyl (C=O) groups is 1. The normalized spacial score (nSPS) is 11.2. The molecule has 0 rings (SSSR count). The standard InChI is InChI=1S/C6H14N4OS/c1-2-3-9-5(11)4-12-6(7)10-8/h2-4,8H2,1H3,(H2,7,10)(H,9,11). The third kappa shape index (κ3) is 5.84. The summed E-state index contributed by atoms with van der Waals surface area (Å²) in [5, 5.41) is 6.14. The van der Waals surface area contributed by atoms with Crippen molar-refractivity contribution in [1.29, 1.82) is 0 Å². The highest BCUT2D eigenvalue weighted by molar-refractivity contribution is 8.14. The van der Waals surface area contributed by atoms with Crippen molar-refractivity contribution in [2.45, 2.75) is 13.3 Å².